The quantitative estimate of drug-likeness (QED) is 0.550. The van der Waals surface area contributed by atoms with Gasteiger partial charge in [0.25, 0.3) is 0 Å². The van der Waals surface area contributed by atoms with Crippen LogP contribution in [0.5, 0.6) is 0 Å². The monoisotopic (exact) mass is 197 g/mol. The molecule has 0 N–H and O–H groups in total. The van der Waals surface area contributed by atoms with Crippen LogP contribution in [-0.2, 0) is 9.09 Å². The van der Waals surface area contributed by atoms with Crippen LogP contribution in [-0.4, -0.2) is 0 Å². The molecule has 0 saturated heterocycles. The lowest BCUT2D eigenvalue weighted by molar-refractivity contribution is 0.278. The normalized spacial score (nSPS) is 12.3. The van der Waals surface area contributed by atoms with Crippen molar-refractivity contribution >= 4 is 8.69 Å². The maximum absolute atomic E-state index is 12.5. The third-order valence-corrected chi connectivity index (χ3v) is 1.70. The number of halogens is 1. The van der Waals surface area contributed by atoms with E-state index < -0.39 is 14.9 Å². The van der Waals surface area contributed by atoms with E-state index in [2.05, 4.69) is 9.37 Å². The van der Waals surface area contributed by atoms with Crippen molar-refractivity contribution in [2.24, 2.45) is 0 Å². The minimum Gasteiger partial charge on any atom is -0.277 e. The summed E-state index contributed by atoms with van der Waals surface area (Å²) in [6, 6.07) is 5.28. The van der Waals surface area contributed by atoms with E-state index in [9.17, 15) is 8.96 Å². The lowest BCUT2D eigenvalue weighted by Gasteiger charge is -1.99. The van der Waals surface area contributed by atoms with Crippen molar-refractivity contribution < 1.29 is 13.5 Å². The predicted octanol–water partition coefficient (Wildman–Crippen LogP) is 2.97. The molecular formula is C8H5FNO2P. The zero-order valence-electron chi connectivity index (χ0n) is 6.48. The largest absolute Gasteiger partial charge is 0.364 e. The van der Waals surface area contributed by atoms with Crippen LogP contribution < -0.4 is 0 Å². The van der Waals surface area contributed by atoms with Gasteiger partial charge >= 0.3 is 14.9 Å². The molecule has 5 heteroatoms. The fourth-order valence-corrected chi connectivity index (χ4v) is 1.08. The van der Waals surface area contributed by atoms with Gasteiger partial charge < -0.3 is 0 Å². The second-order valence-corrected chi connectivity index (χ2v) is 2.57. The Labute approximate surface area is 76.2 Å². The van der Waals surface area contributed by atoms with Crippen molar-refractivity contribution in [1.29, 1.82) is 0 Å². The summed E-state index contributed by atoms with van der Waals surface area (Å²) < 4.78 is 27.1. The van der Waals surface area contributed by atoms with Crippen LogP contribution in [0.15, 0.2) is 24.3 Å². The van der Waals surface area contributed by atoms with E-state index >= 15 is 0 Å². The van der Waals surface area contributed by atoms with E-state index in [1.165, 1.54) is 24.3 Å². The van der Waals surface area contributed by atoms with Gasteiger partial charge in [-0.2, -0.15) is 0 Å². The van der Waals surface area contributed by atoms with Gasteiger partial charge in [-0.15, -0.1) is 0 Å². The highest BCUT2D eigenvalue weighted by molar-refractivity contribution is 7.17. The summed E-state index contributed by atoms with van der Waals surface area (Å²) in [6.45, 7) is 6.72. The number of benzene rings is 1. The first-order valence-electron chi connectivity index (χ1n) is 3.38. The minimum atomic E-state index is -0.931. The molecule has 0 radical (unpaired) electrons. The molecule has 0 bridgehead atoms. The van der Waals surface area contributed by atoms with E-state index in [-0.39, 0.29) is 5.82 Å². The van der Waals surface area contributed by atoms with Gasteiger partial charge in [-0.05, 0) is 24.3 Å². The minimum absolute atomic E-state index is 0.382. The highest BCUT2D eigenvalue weighted by atomic mass is 31.1. The maximum atomic E-state index is 12.5. The summed E-state index contributed by atoms with van der Waals surface area (Å²) in [7, 11) is -0.557. The van der Waals surface area contributed by atoms with E-state index in [0.717, 1.165) is 0 Å². The van der Waals surface area contributed by atoms with E-state index in [1.807, 2.05) is 0 Å². The molecule has 0 spiro atoms. The van der Waals surface area contributed by atoms with Crippen LogP contribution >= 0.6 is 8.69 Å². The van der Waals surface area contributed by atoms with Gasteiger partial charge in [0.2, 0.25) is 0 Å². The first-order valence-corrected chi connectivity index (χ1v) is 4.11. The van der Waals surface area contributed by atoms with E-state index in [1.54, 1.807) is 0 Å². The molecule has 0 heterocycles. The van der Waals surface area contributed by atoms with Crippen LogP contribution in [0.3, 0.4) is 0 Å². The molecule has 1 rings (SSSR count). The summed E-state index contributed by atoms with van der Waals surface area (Å²) in [5.41, 5.74) is 0.486. The van der Waals surface area contributed by atoms with Crippen LogP contribution in [0.4, 0.5) is 4.39 Å². The Kier molecular flexibility index (Phi) is 3.51. The Morgan fingerprint density at radius 3 is 2.54 bits per heavy atom. The van der Waals surface area contributed by atoms with Gasteiger partial charge in [-0.1, -0.05) is 0 Å². The van der Waals surface area contributed by atoms with Crippen molar-refractivity contribution in [3.63, 3.8) is 0 Å². The van der Waals surface area contributed by atoms with Gasteiger partial charge in [0.15, 0.2) is 0 Å². The Balaban J connectivity index is 2.87. The SMILES string of the molecule is [C-]#[N+]C(OP=O)c1ccc(F)cc1. The Morgan fingerprint density at radius 2 is 2.08 bits per heavy atom. The Morgan fingerprint density at radius 1 is 1.46 bits per heavy atom. The van der Waals surface area contributed by atoms with Gasteiger partial charge in [-0.25, -0.2) is 20.1 Å². The average Bonchev–Trinajstić information content (AvgIpc) is 2.16. The highest BCUT2D eigenvalue weighted by Gasteiger charge is 2.15. The van der Waals surface area contributed by atoms with E-state index in [0.29, 0.717) is 5.56 Å². The molecular weight excluding hydrogens is 192 g/mol. The number of hydrogen-bond acceptors (Lipinski definition) is 2. The third-order valence-electron chi connectivity index (χ3n) is 1.42. The predicted molar refractivity (Wildman–Crippen MR) is 44.4 cm³/mol. The molecule has 1 aromatic rings. The molecule has 66 valence electrons. The first kappa shape index (κ1) is 9.79. The fourth-order valence-electron chi connectivity index (χ4n) is 0.827. The number of hydrogen-bond donors (Lipinski definition) is 0. The van der Waals surface area contributed by atoms with Crippen molar-refractivity contribution in [2.75, 3.05) is 0 Å². The first-order chi connectivity index (χ1) is 6.27. The van der Waals surface area contributed by atoms with Gasteiger partial charge in [0.1, 0.15) is 5.82 Å². The molecule has 13 heavy (non-hydrogen) atoms. The van der Waals surface area contributed by atoms with Crippen molar-refractivity contribution in [1.82, 2.24) is 0 Å². The van der Waals surface area contributed by atoms with Crippen molar-refractivity contribution in [3.05, 3.63) is 47.1 Å². The molecule has 0 fully saturated rings. The van der Waals surface area contributed by atoms with Gasteiger partial charge in [0, 0.05) is 0 Å². The molecule has 3 nitrogen and oxygen atoms in total. The molecule has 0 saturated carbocycles. The molecule has 0 aliphatic rings. The number of nitrogens with zero attached hydrogens (tertiary/aromatic N) is 1. The topological polar surface area (TPSA) is 30.7 Å². The fraction of sp³-hybridized carbons (Fsp3) is 0.125. The third kappa shape index (κ3) is 2.59. The summed E-state index contributed by atoms with van der Waals surface area (Å²) in [5.74, 6) is -0.382. The summed E-state index contributed by atoms with van der Waals surface area (Å²) >= 11 is 0. The maximum Gasteiger partial charge on any atom is 0.364 e. The van der Waals surface area contributed by atoms with Crippen LogP contribution in [0.2, 0.25) is 0 Å². The molecule has 1 atom stereocenters. The Hall–Kier alpha value is -1.30. The standard InChI is InChI=1S/C8H5FNO2P/c1-10-8(12-13-11)6-2-4-7(9)5-3-6/h2-5,8H. The molecule has 0 aliphatic carbocycles. The number of rotatable bonds is 3. The summed E-state index contributed by atoms with van der Waals surface area (Å²) in [5, 5.41) is 0. The van der Waals surface area contributed by atoms with Gasteiger partial charge in [0.05, 0.1) is 5.56 Å². The van der Waals surface area contributed by atoms with Crippen molar-refractivity contribution in [2.45, 2.75) is 6.23 Å². The second-order valence-electron chi connectivity index (χ2n) is 2.21. The smallest absolute Gasteiger partial charge is 0.277 e. The summed E-state index contributed by atoms with van der Waals surface area (Å²) in [4.78, 5) is 3.08. The van der Waals surface area contributed by atoms with Crippen molar-refractivity contribution in [3.8, 4) is 0 Å². The van der Waals surface area contributed by atoms with E-state index in [4.69, 9.17) is 6.57 Å². The average molecular weight is 197 g/mol. The molecule has 0 amide bonds. The molecule has 1 aromatic carbocycles. The second kappa shape index (κ2) is 4.66. The van der Waals surface area contributed by atoms with Crippen LogP contribution in [0, 0.1) is 12.4 Å². The Bertz CT molecular complexity index is 333. The zero-order chi connectivity index (χ0) is 9.68. The molecule has 0 aromatic heterocycles. The highest BCUT2D eigenvalue weighted by Crippen LogP contribution is 2.22. The zero-order valence-corrected chi connectivity index (χ0v) is 7.37. The lowest BCUT2D eigenvalue weighted by Crippen LogP contribution is -1.92. The summed E-state index contributed by atoms with van der Waals surface area (Å²) in [6.07, 6.45) is -0.931. The lowest BCUT2D eigenvalue weighted by atomic mass is 10.2. The van der Waals surface area contributed by atoms with Crippen LogP contribution in [0.1, 0.15) is 11.8 Å². The van der Waals surface area contributed by atoms with Crippen LogP contribution in [0.25, 0.3) is 4.85 Å². The van der Waals surface area contributed by atoms with Gasteiger partial charge in [-0.3, -0.25) is 4.85 Å². The molecule has 0 aliphatic heterocycles. The molecule has 1 unspecified atom stereocenters.